The van der Waals surface area contributed by atoms with Crippen LogP contribution >= 0.6 is 0 Å². The van der Waals surface area contributed by atoms with Crippen LogP contribution in [-0.4, -0.2) is 26.3 Å². The van der Waals surface area contributed by atoms with Crippen molar-refractivity contribution in [1.82, 2.24) is 5.32 Å². The SMILES string of the molecule is CCCNC(CCCOC)C1CCC(CCC)CC1. The molecule has 1 aliphatic rings. The molecule has 0 spiro atoms. The molecule has 114 valence electrons. The van der Waals surface area contributed by atoms with E-state index < -0.39 is 0 Å². The van der Waals surface area contributed by atoms with E-state index >= 15 is 0 Å². The van der Waals surface area contributed by atoms with E-state index in [0.717, 1.165) is 24.5 Å². The highest BCUT2D eigenvalue weighted by atomic mass is 16.5. The van der Waals surface area contributed by atoms with Crippen LogP contribution in [0.3, 0.4) is 0 Å². The molecule has 1 saturated carbocycles. The Morgan fingerprint density at radius 3 is 2.42 bits per heavy atom. The molecule has 0 aromatic heterocycles. The van der Waals surface area contributed by atoms with E-state index in [2.05, 4.69) is 19.2 Å². The normalized spacial score (nSPS) is 25.4. The predicted molar refractivity (Wildman–Crippen MR) is 83.5 cm³/mol. The van der Waals surface area contributed by atoms with Crippen molar-refractivity contribution in [2.24, 2.45) is 11.8 Å². The maximum absolute atomic E-state index is 5.21. The van der Waals surface area contributed by atoms with Crippen molar-refractivity contribution < 1.29 is 4.74 Å². The van der Waals surface area contributed by atoms with Gasteiger partial charge >= 0.3 is 0 Å². The summed E-state index contributed by atoms with van der Waals surface area (Å²) in [5, 5.41) is 3.79. The zero-order valence-corrected chi connectivity index (χ0v) is 13.4. The van der Waals surface area contributed by atoms with Crippen molar-refractivity contribution in [1.29, 1.82) is 0 Å². The van der Waals surface area contributed by atoms with Crippen molar-refractivity contribution >= 4 is 0 Å². The van der Waals surface area contributed by atoms with Crippen LogP contribution in [-0.2, 0) is 4.74 Å². The lowest BCUT2D eigenvalue weighted by Crippen LogP contribution is -2.38. The van der Waals surface area contributed by atoms with Crippen molar-refractivity contribution in [2.75, 3.05) is 20.3 Å². The maximum Gasteiger partial charge on any atom is 0.0462 e. The van der Waals surface area contributed by atoms with E-state index in [1.165, 1.54) is 64.3 Å². The molecule has 2 heteroatoms. The molecule has 19 heavy (non-hydrogen) atoms. The highest BCUT2D eigenvalue weighted by molar-refractivity contribution is 4.82. The number of hydrogen-bond donors (Lipinski definition) is 1. The summed E-state index contributed by atoms with van der Waals surface area (Å²) in [6.07, 6.45) is 12.4. The van der Waals surface area contributed by atoms with Gasteiger partial charge in [-0.15, -0.1) is 0 Å². The molecule has 0 saturated heterocycles. The number of ether oxygens (including phenoxy) is 1. The van der Waals surface area contributed by atoms with Gasteiger partial charge in [0, 0.05) is 19.8 Å². The average molecular weight is 269 g/mol. The minimum atomic E-state index is 0.734. The Hall–Kier alpha value is -0.0800. The minimum absolute atomic E-state index is 0.734. The summed E-state index contributed by atoms with van der Waals surface area (Å²) in [5.41, 5.74) is 0. The number of rotatable bonds is 10. The molecule has 0 aliphatic heterocycles. The molecule has 1 rings (SSSR count). The van der Waals surface area contributed by atoms with Gasteiger partial charge in [-0.25, -0.2) is 0 Å². The van der Waals surface area contributed by atoms with E-state index in [0.29, 0.717) is 0 Å². The van der Waals surface area contributed by atoms with Gasteiger partial charge in [0.1, 0.15) is 0 Å². The first-order chi connectivity index (χ1) is 9.31. The van der Waals surface area contributed by atoms with E-state index in [4.69, 9.17) is 4.74 Å². The quantitative estimate of drug-likeness (QED) is 0.594. The largest absolute Gasteiger partial charge is 0.385 e. The Bertz CT molecular complexity index is 199. The monoisotopic (exact) mass is 269 g/mol. The van der Waals surface area contributed by atoms with E-state index in [1.54, 1.807) is 0 Å². The van der Waals surface area contributed by atoms with Gasteiger partial charge in [-0.05, 0) is 50.5 Å². The van der Waals surface area contributed by atoms with Gasteiger partial charge < -0.3 is 10.1 Å². The van der Waals surface area contributed by atoms with Crippen LogP contribution in [0, 0.1) is 11.8 Å². The zero-order valence-electron chi connectivity index (χ0n) is 13.4. The second-order valence-corrected chi connectivity index (χ2v) is 6.27. The summed E-state index contributed by atoms with van der Waals surface area (Å²) in [5.74, 6) is 1.93. The molecule has 1 atom stereocenters. The third-order valence-corrected chi connectivity index (χ3v) is 4.68. The lowest BCUT2D eigenvalue weighted by molar-refractivity contribution is 0.168. The van der Waals surface area contributed by atoms with Crippen LogP contribution < -0.4 is 5.32 Å². The first-order valence-electron chi connectivity index (χ1n) is 8.54. The maximum atomic E-state index is 5.21. The fourth-order valence-corrected chi connectivity index (χ4v) is 3.57. The molecule has 1 fully saturated rings. The summed E-state index contributed by atoms with van der Waals surface area (Å²) in [6, 6.07) is 0.734. The Balaban J connectivity index is 2.33. The van der Waals surface area contributed by atoms with Crippen molar-refractivity contribution in [3.8, 4) is 0 Å². The van der Waals surface area contributed by atoms with Crippen LogP contribution in [0.2, 0.25) is 0 Å². The summed E-state index contributed by atoms with van der Waals surface area (Å²) in [7, 11) is 1.81. The molecule has 0 amide bonds. The molecule has 1 aliphatic carbocycles. The summed E-state index contributed by atoms with van der Waals surface area (Å²) >= 11 is 0. The molecule has 0 bridgehead atoms. The summed E-state index contributed by atoms with van der Waals surface area (Å²) in [6.45, 7) is 6.67. The van der Waals surface area contributed by atoms with Gasteiger partial charge in [0.15, 0.2) is 0 Å². The van der Waals surface area contributed by atoms with E-state index in [-0.39, 0.29) is 0 Å². The van der Waals surface area contributed by atoms with Gasteiger partial charge in [-0.2, -0.15) is 0 Å². The average Bonchev–Trinajstić information content (AvgIpc) is 2.44. The number of nitrogens with one attached hydrogen (secondary N) is 1. The van der Waals surface area contributed by atoms with Gasteiger partial charge in [0.25, 0.3) is 0 Å². The molecule has 0 heterocycles. The molecule has 0 aromatic rings. The lowest BCUT2D eigenvalue weighted by atomic mass is 9.76. The van der Waals surface area contributed by atoms with Crippen molar-refractivity contribution in [3.05, 3.63) is 0 Å². The smallest absolute Gasteiger partial charge is 0.0462 e. The Morgan fingerprint density at radius 2 is 1.84 bits per heavy atom. The van der Waals surface area contributed by atoms with Gasteiger partial charge in [0.2, 0.25) is 0 Å². The molecule has 0 radical (unpaired) electrons. The van der Waals surface area contributed by atoms with E-state index in [9.17, 15) is 0 Å². The third kappa shape index (κ3) is 6.76. The molecular formula is C17H35NO. The molecule has 1 unspecified atom stereocenters. The van der Waals surface area contributed by atoms with Crippen molar-refractivity contribution in [3.63, 3.8) is 0 Å². The Kier molecular flexibility index (Phi) is 9.54. The van der Waals surface area contributed by atoms with Gasteiger partial charge in [-0.3, -0.25) is 0 Å². The van der Waals surface area contributed by atoms with Crippen molar-refractivity contribution in [2.45, 2.75) is 77.7 Å². The highest BCUT2D eigenvalue weighted by Crippen LogP contribution is 2.34. The number of methoxy groups -OCH3 is 1. The number of hydrogen-bond acceptors (Lipinski definition) is 2. The standard InChI is InChI=1S/C17H35NO/c1-4-7-15-9-11-16(12-10-15)17(18-13-5-2)8-6-14-19-3/h15-18H,4-14H2,1-3H3. The predicted octanol–water partition coefficient (Wildman–Crippen LogP) is 4.39. The fraction of sp³-hybridized carbons (Fsp3) is 1.00. The topological polar surface area (TPSA) is 21.3 Å². The lowest BCUT2D eigenvalue weighted by Gasteiger charge is -2.34. The zero-order chi connectivity index (χ0) is 13.9. The Morgan fingerprint density at radius 1 is 1.11 bits per heavy atom. The first kappa shape index (κ1) is 17.0. The third-order valence-electron chi connectivity index (χ3n) is 4.68. The summed E-state index contributed by atoms with van der Waals surface area (Å²) in [4.78, 5) is 0. The minimum Gasteiger partial charge on any atom is -0.385 e. The second-order valence-electron chi connectivity index (χ2n) is 6.27. The molecular weight excluding hydrogens is 234 g/mol. The molecule has 1 N–H and O–H groups in total. The first-order valence-corrected chi connectivity index (χ1v) is 8.54. The van der Waals surface area contributed by atoms with E-state index in [1.807, 2.05) is 7.11 Å². The Labute approximate surface area is 120 Å². The van der Waals surface area contributed by atoms with Crippen LogP contribution in [0.15, 0.2) is 0 Å². The molecule has 0 aromatic carbocycles. The highest BCUT2D eigenvalue weighted by Gasteiger charge is 2.26. The second kappa shape index (κ2) is 10.7. The van der Waals surface area contributed by atoms with Gasteiger partial charge in [0.05, 0.1) is 0 Å². The summed E-state index contributed by atoms with van der Waals surface area (Å²) < 4.78 is 5.21. The van der Waals surface area contributed by atoms with Crippen LogP contribution in [0.25, 0.3) is 0 Å². The van der Waals surface area contributed by atoms with Gasteiger partial charge in [-0.1, -0.05) is 39.5 Å². The van der Waals surface area contributed by atoms with Crippen LogP contribution in [0.4, 0.5) is 0 Å². The van der Waals surface area contributed by atoms with Crippen LogP contribution in [0.5, 0.6) is 0 Å². The van der Waals surface area contributed by atoms with Crippen LogP contribution in [0.1, 0.15) is 71.6 Å². The molecule has 2 nitrogen and oxygen atoms in total. The fourth-order valence-electron chi connectivity index (χ4n) is 3.57.